The van der Waals surface area contributed by atoms with E-state index in [0.717, 1.165) is 0 Å². The number of nitrogens with one attached hydrogen (secondary N) is 1. The number of nitrogens with zero attached hydrogens (tertiary/aromatic N) is 1. The van der Waals surface area contributed by atoms with Crippen LogP contribution in [0.4, 0.5) is 0 Å². The van der Waals surface area contributed by atoms with Crippen molar-refractivity contribution < 1.29 is 24.5 Å². The molecule has 0 saturated heterocycles. The summed E-state index contributed by atoms with van der Waals surface area (Å²) in [4.78, 5) is 12.3. The molecule has 1 amide bonds. The summed E-state index contributed by atoms with van der Waals surface area (Å²) in [6.07, 6.45) is 0. The maximum atomic E-state index is 12.3. The minimum Gasteiger partial charge on any atom is -0.508 e. The van der Waals surface area contributed by atoms with E-state index in [1.807, 2.05) is 0 Å². The molecule has 0 radical (unpaired) electrons. The molecule has 7 nitrogen and oxygen atoms in total. The smallest absolute Gasteiger partial charge is 0.275 e. The van der Waals surface area contributed by atoms with Crippen molar-refractivity contribution in [1.29, 1.82) is 0 Å². The van der Waals surface area contributed by atoms with Crippen LogP contribution in [0.1, 0.15) is 22.8 Å². The molecule has 2 aromatic carbocycles. The van der Waals surface area contributed by atoms with Gasteiger partial charge in [-0.15, -0.1) is 0 Å². The highest BCUT2D eigenvalue weighted by atomic mass is 16.5. The van der Waals surface area contributed by atoms with Gasteiger partial charge in [-0.1, -0.05) is 0 Å². The molecule has 126 valence electrons. The van der Waals surface area contributed by atoms with E-state index < -0.39 is 5.91 Å². The predicted molar refractivity (Wildman–Crippen MR) is 89.0 cm³/mol. The Morgan fingerprint density at radius 2 is 1.75 bits per heavy atom. The summed E-state index contributed by atoms with van der Waals surface area (Å²) in [5, 5.41) is 23.1. The van der Waals surface area contributed by atoms with Gasteiger partial charge in [0.15, 0.2) is 0 Å². The molecule has 0 bridgehead atoms. The lowest BCUT2D eigenvalue weighted by Crippen LogP contribution is -2.20. The van der Waals surface area contributed by atoms with Crippen LogP contribution in [0.2, 0.25) is 0 Å². The largest absolute Gasteiger partial charge is 0.508 e. The van der Waals surface area contributed by atoms with Gasteiger partial charge in [0.2, 0.25) is 0 Å². The van der Waals surface area contributed by atoms with Crippen LogP contribution in [0.3, 0.4) is 0 Å². The molecule has 0 atom stereocenters. The van der Waals surface area contributed by atoms with Gasteiger partial charge in [-0.05, 0) is 31.2 Å². The van der Waals surface area contributed by atoms with E-state index in [2.05, 4.69) is 10.5 Å². The van der Waals surface area contributed by atoms with Gasteiger partial charge in [-0.25, -0.2) is 5.43 Å². The molecule has 0 aromatic heterocycles. The Morgan fingerprint density at radius 1 is 1.04 bits per heavy atom. The van der Waals surface area contributed by atoms with Gasteiger partial charge in [-0.3, -0.25) is 4.79 Å². The van der Waals surface area contributed by atoms with E-state index in [1.54, 1.807) is 25.1 Å². The Kier molecular flexibility index (Phi) is 5.26. The van der Waals surface area contributed by atoms with Crippen LogP contribution in [0.25, 0.3) is 0 Å². The van der Waals surface area contributed by atoms with Gasteiger partial charge in [0.05, 0.1) is 25.5 Å². The first-order valence-electron chi connectivity index (χ1n) is 7.05. The molecule has 24 heavy (non-hydrogen) atoms. The van der Waals surface area contributed by atoms with E-state index >= 15 is 0 Å². The topological polar surface area (TPSA) is 100 Å². The summed E-state index contributed by atoms with van der Waals surface area (Å²) >= 11 is 0. The number of benzene rings is 2. The number of hydrogen-bond acceptors (Lipinski definition) is 6. The first-order valence-corrected chi connectivity index (χ1v) is 7.05. The van der Waals surface area contributed by atoms with E-state index in [0.29, 0.717) is 28.3 Å². The van der Waals surface area contributed by atoms with Gasteiger partial charge in [0.1, 0.15) is 23.0 Å². The number of carbonyl (C=O) groups is 1. The summed E-state index contributed by atoms with van der Waals surface area (Å²) in [6.45, 7) is 1.62. The highest BCUT2D eigenvalue weighted by Crippen LogP contribution is 2.25. The van der Waals surface area contributed by atoms with Crippen molar-refractivity contribution in [3.63, 3.8) is 0 Å². The third kappa shape index (κ3) is 3.75. The van der Waals surface area contributed by atoms with Crippen LogP contribution in [0.15, 0.2) is 41.5 Å². The molecule has 0 spiro atoms. The molecule has 0 unspecified atom stereocenters. The fourth-order valence-corrected chi connectivity index (χ4v) is 2.07. The molecule has 2 aromatic rings. The zero-order valence-corrected chi connectivity index (χ0v) is 13.5. The Bertz CT molecular complexity index is 787. The third-order valence-electron chi connectivity index (χ3n) is 3.35. The molecule has 2 rings (SSSR count). The lowest BCUT2D eigenvalue weighted by molar-refractivity contribution is 0.0951. The number of aromatic hydroxyl groups is 2. The first kappa shape index (κ1) is 17.1. The van der Waals surface area contributed by atoms with Crippen LogP contribution >= 0.6 is 0 Å². The lowest BCUT2D eigenvalue weighted by Gasteiger charge is -2.10. The quantitative estimate of drug-likeness (QED) is 0.577. The van der Waals surface area contributed by atoms with Crippen molar-refractivity contribution in [1.82, 2.24) is 5.43 Å². The van der Waals surface area contributed by atoms with Gasteiger partial charge in [0, 0.05) is 17.7 Å². The molecule has 0 fully saturated rings. The zero-order chi connectivity index (χ0) is 17.7. The minimum absolute atomic E-state index is 0.0592. The van der Waals surface area contributed by atoms with E-state index in [-0.39, 0.29) is 11.5 Å². The number of carbonyl (C=O) groups excluding carboxylic acids is 1. The summed E-state index contributed by atoms with van der Waals surface area (Å²) < 4.78 is 10.3. The number of phenols is 2. The Labute approximate surface area is 139 Å². The molecule has 7 heteroatoms. The molecule has 0 heterocycles. The van der Waals surface area contributed by atoms with Crippen LogP contribution in [-0.4, -0.2) is 36.1 Å². The summed E-state index contributed by atoms with van der Waals surface area (Å²) in [5.74, 6) is 0.264. The van der Waals surface area contributed by atoms with Crippen molar-refractivity contribution in [2.24, 2.45) is 5.10 Å². The Balaban J connectivity index is 2.20. The second kappa shape index (κ2) is 7.36. The van der Waals surface area contributed by atoms with Crippen LogP contribution in [0.5, 0.6) is 23.0 Å². The van der Waals surface area contributed by atoms with Gasteiger partial charge >= 0.3 is 0 Å². The Hall–Kier alpha value is -3.22. The SMILES string of the molecule is COc1ccc(C(=O)N/N=C(/C)c2ccc(O)cc2O)c(OC)c1. The number of hydrazone groups is 1. The van der Waals surface area contributed by atoms with Crippen molar-refractivity contribution in [2.75, 3.05) is 14.2 Å². The number of phenolic OH excluding ortho intramolecular Hbond substituents is 2. The lowest BCUT2D eigenvalue weighted by atomic mass is 10.1. The summed E-state index contributed by atoms with van der Waals surface area (Å²) in [5.41, 5.74) is 3.48. The molecule has 0 saturated carbocycles. The Morgan fingerprint density at radius 3 is 2.38 bits per heavy atom. The van der Waals surface area contributed by atoms with E-state index in [1.165, 1.54) is 32.4 Å². The first-order chi connectivity index (χ1) is 11.5. The second-order valence-electron chi connectivity index (χ2n) is 4.91. The van der Waals surface area contributed by atoms with Gasteiger partial charge in [0.25, 0.3) is 5.91 Å². The standard InChI is InChI=1S/C17H18N2O5/c1-10(13-6-4-11(20)8-15(13)21)18-19-17(22)14-7-5-12(23-2)9-16(14)24-3/h4-9,20-21H,1-3H3,(H,19,22)/b18-10-. The number of amides is 1. The monoisotopic (exact) mass is 330 g/mol. The van der Waals surface area contributed by atoms with E-state index in [9.17, 15) is 15.0 Å². The number of rotatable bonds is 5. The van der Waals surface area contributed by atoms with Crippen LogP contribution in [0, 0.1) is 0 Å². The predicted octanol–water partition coefficient (Wildman–Crippen LogP) is 2.27. The fourth-order valence-electron chi connectivity index (χ4n) is 2.07. The van der Waals surface area contributed by atoms with E-state index in [4.69, 9.17) is 9.47 Å². The highest BCUT2D eigenvalue weighted by molar-refractivity contribution is 6.03. The normalized spacial score (nSPS) is 11.0. The molecule has 3 N–H and O–H groups in total. The maximum Gasteiger partial charge on any atom is 0.275 e. The second-order valence-corrected chi connectivity index (χ2v) is 4.91. The molecule has 0 aliphatic rings. The molecular weight excluding hydrogens is 312 g/mol. The van der Waals surface area contributed by atoms with Crippen molar-refractivity contribution in [2.45, 2.75) is 6.92 Å². The molecular formula is C17H18N2O5. The van der Waals surface area contributed by atoms with Crippen molar-refractivity contribution in [3.05, 3.63) is 47.5 Å². The molecule has 0 aliphatic carbocycles. The van der Waals surface area contributed by atoms with Crippen LogP contribution in [-0.2, 0) is 0 Å². The van der Waals surface area contributed by atoms with Gasteiger partial charge in [-0.2, -0.15) is 5.10 Å². The highest BCUT2D eigenvalue weighted by Gasteiger charge is 2.13. The number of methoxy groups -OCH3 is 2. The summed E-state index contributed by atoms with van der Waals surface area (Å²) in [7, 11) is 2.97. The van der Waals surface area contributed by atoms with Gasteiger partial charge < -0.3 is 19.7 Å². The molecule has 0 aliphatic heterocycles. The summed E-state index contributed by atoms with van der Waals surface area (Å²) in [6, 6.07) is 8.92. The minimum atomic E-state index is -0.466. The fraction of sp³-hybridized carbons (Fsp3) is 0.176. The third-order valence-corrected chi connectivity index (χ3v) is 3.35. The maximum absolute atomic E-state index is 12.3. The van der Waals surface area contributed by atoms with Crippen LogP contribution < -0.4 is 14.9 Å². The average molecular weight is 330 g/mol. The average Bonchev–Trinajstić information content (AvgIpc) is 2.58. The van der Waals surface area contributed by atoms with Crippen molar-refractivity contribution in [3.8, 4) is 23.0 Å². The number of ether oxygens (including phenoxy) is 2. The van der Waals surface area contributed by atoms with Crippen molar-refractivity contribution >= 4 is 11.6 Å². The number of hydrogen-bond donors (Lipinski definition) is 3. The zero-order valence-electron chi connectivity index (χ0n) is 13.5.